The van der Waals surface area contributed by atoms with Crippen LogP contribution >= 0.6 is 0 Å². The minimum absolute atomic E-state index is 0.0329. The Bertz CT molecular complexity index is 914. The molecule has 0 spiro atoms. The van der Waals surface area contributed by atoms with Crippen molar-refractivity contribution in [3.63, 3.8) is 0 Å². The molecule has 0 amide bonds. The molecule has 2 rings (SSSR count). The van der Waals surface area contributed by atoms with Gasteiger partial charge >= 0.3 is 23.9 Å². The summed E-state index contributed by atoms with van der Waals surface area (Å²) in [5.74, 6) is -1.22. The van der Waals surface area contributed by atoms with Crippen LogP contribution in [-0.4, -0.2) is 23.9 Å². The van der Waals surface area contributed by atoms with Gasteiger partial charge in [-0.15, -0.1) is 0 Å². The maximum atomic E-state index is 11.3. The van der Waals surface area contributed by atoms with Gasteiger partial charge in [-0.25, -0.2) is 0 Å². The summed E-state index contributed by atoms with van der Waals surface area (Å²) in [6, 6.07) is 10.4. The van der Waals surface area contributed by atoms with Gasteiger partial charge in [-0.3, -0.25) is 19.2 Å². The van der Waals surface area contributed by atoms with Gasteiger partial charge in [0, 0.05) is 38.8 Å². The summed E-state index contributed by atoms with van der Waals surface area (Å²) >= 11 is 0. The maximum Gasteiger partial charge on any atom is 0.308 e. The Morgan fingerprint density at radius 2 is 1.00 bits per heavy atom. The Balaban J connectivity index is 2.30. The molecule has 8 heteroatoms. The first-order chi connectivity index (χ1) is 14.6. The summed E-state index contributed by atoms with van der Waals surface area (Å²) in [6.07, 6.45) is 0.487. The van der Waals surface area contributed by atoms with E-state index in [1.54, 1.807) is 36.4 Å². The third kappa shape index (κ3) is 7.93. The highest BCUT2D eigenvalue weighted by Crippen LogP contribution is 2.26. The van der Waals surface area contributed by atoms with Gasteiger partial charge in [-0.05, 0) is 41.8 Å². The van der Waals surface area contributed by atoms with Crippen LogP contribution in [0.2, 0.25) is 0 Å². The van der Waals surface area contributed by atoms with Gasteiger partial charge in [-0.1, -0.05) is 12.1 Å². The van der Waals surface area contributed by atoms with E-state index in [9.17, 15) is 19.2 Å². The highest BCUT2D eigenvalue weighted by atomic mass is 16.6. The molecule has 0 aliphatic carbocycles. The zero-order valence-electron chi connectivity index (χ0n) is 17.9. The van der Waals surface area contributed by atoms with Crippen molar-refractivity contribution in [1.29, 1.82) is 0 Å². The lowest BCUT2D eigenvalue weighted by atomic mass is 10.0. The molecule has 31 heavy (non-hydrogen) atoms. The second-order valence-corrected chi connectivity index (χ2v) is 6.81. The summed E-state index contributed by atoms with van der Waals surface area (Å²) in [5, 5.41) is 0. The Hall–Kier alpha value is -3.68. The topological polar surface area (TPSA) is 105 Å². The molecule has 0 aromatic heterocycles. The average Bonchev–Trinajstić information content (AvgIpc) is 2.67. The Morgan fingerprint density at radius 3 is 1.32 bits per heavy atom. The van der Waals surface area contributed by atoms with E-state index in [1.165, 1.54) is 27.7 Å². The van der Waals surface area contributed by atoms with Gasteiger partial charge in [0.1, 0.15) is 24.7 Å². The Morgan fingerprint density at radius 1 is 0.613 bits per heavy atom. The van der Waals surface area contributed by atoms with E-state index in [-0.39, 0.29) is 13.2 Å². The van der Waals surface area contributed by atoms with Crippen LogP contribution in [0.25, 0.3) is 0 Å². The lowest BCUT2D eigenvalue weighted by Gasteiger charge is -2.13. The molecule has 0 N–H and O–H groups in total. The van der Waals surface area contributed by atoms with E-state index in [1.807, 2.05) is 0 Å². The number of benzene rings is 2. The number of hydrogen-bond donors (Lipinski definition) is 0. The molecule has 0 bridgehead atoms. The molecule has 2 aromatic rings. The first-order valence-electron chi connectivity index (χ1n) is 9.51. The predicted molar refractivity (Wildman–Crippen MR) is 109 cm³/mol. The summed E-state index contributed by atoms with van der Waals surface area (Å²) in [4.78, 5) is 45.0. The summed E-state index contributed by atoms with van der Waals surface area (Å²) < 4.78 is 20.5. The highest BCUT2D eigenvalue weighted by Gasteiger charge is 2.13. The zero-order valence-corrected chi connectivity index (χ0v) is 17.9. The van der Waals surface area contributed by atoms with Crippen LogP contribution in [0.5, 0.6) is 11.5 Å². The van der Waals surface area contributed by atoms with Gasteiger partial charge < -0.3 is 18.9 Å². The van der Waals surface area contributed by atoms with Crippen molar-refractivity contribution in [2.75, 3.05) is 0 Å². The molecule has 0 saturated heterocycles. The van der Waals surface area contributed by atoms with Crippen molar-refractivity contribution in [1.82, 2.24) is 0 Å². The van der Waals surface area contributed by atoms with Crippen LogP contribution in [0.15, 0.2) is 36.4 Å². The second-order valence-electron chi connectivity index (χ2n) is 6.81. The van der Waals surface area contributed by atoms with E-state index in [4.69, 9.17) is 18.9 Å². The Kier molecular flexibility index (Phi) is 8.31. The number of ether oxygens (including phenoxy) is 4. The van der Waals surface area contributed by atoms with Crippen LogP contribution in [0.3, 0.4) is 0 Å². The number of esters is 4. The summed E-state index contributed by atoms with van der Waals surface area (Å²) in [7, 11) is 0. The van der Waals surface area contributed by atoms with Crippen LogP contribution in [0.4, 0.5) is 0 Å². The molecule has 0 atom stereocenters. The molecule has 0 heterocycles. The third-order valence-corrected chi connectivity index (χ3v) is 4.03. The van der Waals surface area contributed by atoms with Crippen molar-refractivity contribution in [2.24, 2.45) is 0 Å². The fraction of sp³-hybridized carbons (Fsp3) is 0.304. The van der Waals surface area contributed by atoms with E-state index in [0.29, 0.717) is 29.0 Å². The number of hydrogen-bond acceptors (Lipinski definition) is 8. The van der Waals surface area contributed by atoms with E-state index in [2.05, 4.69) is 0 Å². The predicted octanol–water partition coefficient (Wildman–Crippen LogP) is 3.25. The second kappa shape index (κ2) is 10.9. The third-order valence-electron chi connectivity index (χ3n) is 4.03. The quantitative estimate of drug-likeness (QED) is 0.466. The van der Waals surface area contributed by atoms with Gasteiger partial charge in [0.25, 0.3) is 0 Å². The van der Waals surface area contributed by atoms with Gasteiger partial charge in [-0.2, -0.15) is 0 Å². The lowest BCUT2D eigenvalue weighted by molar-refractivity contribution is -0.143. The minimum Gasteiger partial charge on any atom is -0.461 e. The van der Waals surface area contributed by atoms with Crippen LogP contribution in [0.1, 0.15) is 49.9 Å². The molecule has 0 aliphatic heterocycles. The fourth-order valence-electron chi connectivity index (χ4n) is 2.81. The maximum absolute atomic E-state index is 11.3. The van der Waals surface area contributed by atoms with E-state index >= 15 is 0 Å². The zero-order chi connectivity index (χ0) is 23.0. The molecule has 0 radical (unpaired) electrons. The van der Waals surface area contributed by atoms with Crippen molar-refractivity contribution >= 4 is 23.9 Å². The number of carbonyl (C=O) groups excluding carboxylic acids is 4. The minimum atomic E-state index is -0.479. The molecule has 164 valence electrons. The van der Waals surface area contributed by atoms with Crippen LogP contribution in [0, 0.1) is 0 Å². The van der Waals surface area contributed by atoms with Gasteiger partial charge in [0.15, 0.2) is 0 Å². The molecule has 0 unspecified atom stereocenters. The smallest absolute Gasteiger partial charge is 0.308 e. The SMILES string of the molecule is CC(=O)OCc1cc(Cc2ccc(OC(C)=O)c(COC(C)=O)c2)ccc1OC(C)=O. The highest BCUT2D eigenvalue weighted by molar-refractivity contribution is 5.71. The fourth-order valence-corrected chi connectivity index (χ4v) is 2.81. The number of rotatable bonds is 8. The number of carbonyl (C=O) groups is 4. The molecule has 0 fully saturated rings. The van der Waals surface area contributed by atoms with Crippen LogP contribution in [-0.2, 0) is 48.3 Å². The standard InChI is InChI=1S/C23H24O8/c1-14(24)28-12-20-10-18(5-7-22(20)30-16(3)26)9-19-6-8-23(31-17(4)27)21(11-19)13-29-15(2)25/h5-8,10-11H,9,12-13H2,1-4H3. The monoisotopic (exact) mass is 428 g/mol. The molecule has 8 nitrogen and oxygen atoms in total. The summed E-state index contributed by atoms with van der Waals surface area (Å²) in [5.41, 5.74) is 2.85. The van der Waals surface area contributed by atoms with Crippen molar-refractivity contribution in [3.8, 4) is 11.5 Å². The summed E-state index contributed by atoms with van der Waals surface area (Å²) in [6.45, 7) is 5.11. The van der Waals surface area contributed by atoms with E-state index < -0.39 is 23.9 Å². The Labute approximate surface area is 180 Å². The first kappa shape index (κ1) is 23.6. The van der Waals surface area contributed by atoms with Crippen LogP contribution < -0.4 is 9.47 Å². The van der Waals surface area contributed by atoms with Gasteiger partial charge in [0.2, 0.25) is 0 Å². The lowest BCUT2D eigenvalue weighted by Crippen LogP contribution is -2.08. The average molecular weight is 428 g/mol. The molecular formula is C23H24O8. The van der Waals surface area contributed by atoms with Crippen molar-refractivity contribution in [2.45, 2.75) is 47.3 Å². The largest absolute Gasteiger partial charge is 0.461 e. The molecule has 0 saturated carbocycles. The normalized spacial score (nSPS) is 10.2. The molecular weight excluding hydrogens is 404 g/mol. The first-order valence-corrected chi connectivity index (χ1v) is 9.51. The molecule has 2 aromatic carbocycles. The van der Waals surface area contributed by atoms with Crippen molar-refractivity contribution < 1.29 is 38.1 Å². The van der Waals surface area contributed by atoms with Crippen molar-refractivity contribution in [3.05, 3.63) is 58.7 Å². The molecule has 0 aliphatic rings. The van der Waals surface area contributed by atoms with Gasteiger partial charge in [0.05, 0.1) is 0 Å². The van der Waals surface area contributed by atoms with E-state index in [0.717, 1.165) is 11.1 Å².